The van der Waals surface area contributed by atoms with Crippen molar-refractivity contribution in [3.05, 3.63) is 46.1 Å². The molecule has 1 aliphatic heterocycles. The lowest BCUT2D eigenvalue weighted by Gasteiger charge is -2.32. The number of likely N-dealkylation sites (tertiary alicyclic amines) is 1. The summed E-state index contributed by atoms with van der Waals surface area (Å²) >= 11 is 12.1. The van der Waals surface area contributed by atoms with Crippen molar-refractivity contribution >= 4 is 35.0 Å². The van der Waals surface area contributed by atoms with Crippen molar-refractivity contribution in [3.8, 4) is 0 Å². The van der Waals surface area contributed by atoms with E-state index in [2.05, 4.69) is 36.9 Å². The molecule has 1 aliphatic carbocycles. The van der Waals surface area contributed by atoms with Crippen molar-refractivity contribution in [2.24, 2.45) is 0 Å². The highest BCUT2D eigenvalue weighted by molar-refractivity contribution is 6.42. The van der Waals surface area contributed by atoms with Gasteiger partial charge in [0.15, 0.2) is 0 Å². The van der Waals surface area contributed by atoms with Crippen LogP contribution in [0.2, 0.25) is 10.0 Å². The highest BCUT2D eigenvalue weighted by Gasteiger charge is 2.21. The molecule has 0 radical (unpaired) electrons. The van der Waals surface area contributed by atoms with Crippen LogP contribution in [-0.4, -0.2) is 53.1 Å². The molecule has 1 saturated heterocycles. The molecule has 2 fully saturated rings. The minimum Gasteiger partial charge on any atom is -0.367 e. The van der Waals surface area contributed by atoms with Gasteiger partial charge >= 0.3 is 0 Å². The van der Waals surface area contributed by atoms with Crippen molar-refractivity contribution in [3.63, 3.8) is 0 Å². The van der Waals surface area contributed by atoms with Crippen LogP contribution in [0.5, 0.6) is 0 Å². The number of benzene rings is 1. The monoisotopic (exact) mass is 434 g/mol. The van der Waals surface area contributed by atoms with Gasteiger partial charge in [0, 0.05) is 37.9 Å². The van der Waals surface area contributed by atoms with E-state index in [-0.39, 0.29) is 0 Å². The zero-order chi connectivity index (χ0) is 20.1. The predicted molar refractivity (Wildman–Crippen MR) is 120 cm³/mol. The third-order valence-electron chi connectivity index (χ3n) is 5.40. The summed E-state index contributed by atoms with van der Waals surface area (Å²) in [5.74, 6) is 1.60. The average Bonchev–Trinajstić information content (AvgIpc) is 3.54. The summed E-state index contributed by atoms with van der Waals surface area (Å²) in [4.78, 5) is 11.3. The maximum absolute atomic E-state index is 6.12. The second-order valence-electron chi connectivity index (χ2n) is 7.86. The Morgan fingerprint density at radius 3 is 2.55 bits per heavy atom. The van der Waals surface area contributed by atoms with E-state index in [1.165, 1.54) is 18.4 Å². The Morgan fingerprint density at radius 1 is 0.966 bits per heavy atom. The first kappa shape index (κ1) is 20.7. The Balaban J connectivity index is 1.13. The number of halogens is 2. The van der Waals surface area contributed by atoms with Gasteiger partial charge in [-0.1, -0.05) is 29.3 Å². The summed E-state index contributed by atoms with van der Waals surface area (Å²) in [7, 11) is 0. The number of hydrogen-bond donors (Lipinski definition) is 3. The Labute approximate surface area is 182 Å². The molecule has 0 unspecified atom stereocenters. The Kier molecular flexibility index (Phi) is 7.08. The first-order valence-corrected chi connectivity index (χ1v) is 11.1. The first-order valence-electron chi connectivity index (χ1n) is 10.4. The van der Waals surface area contributed by atoms with E-state index in [9.17, 15) is 0 Å². The third kappa shape index (κ3) is 6.44. The highest BCUT2D eigenvalue weighted by atomic mass is 35.5. The van der Waals surface area contributed by atoms with Gasteiger partial charge in [0.25, 0.3) is 0 Å². The SMILES string of the molecule is Clc1ccc(CN2CCC(NCCNc3nccc(NC4CC4)n3)CC2)cc1Cl. The van der Waals surface area contributed by atoms with Gasteiger partial charge in [0.05, 0.1) is 10.0 Å². The molecule has 1 saturated carbocycles. The van der Waals surface area contributed by atoms with Crippen LogP contribution in [0.4, 0.5) is 11.8 Å². The summed E-state index contributed by atoms with van der Waals surface area (Å²) in [6, 6.07) is 8.99. The number of anilines is 2. The van der Waals surface area contributed by atoms with Gasteiger partial charge in [-0.2, -0.15) is 4.98 Å². The zero-order valence-corrected chi connectivity index (χ0v) is 18.0. The highest BCUT2D eigenvalue weighted by Crippen LogP contribution is 2.24. The molecule has 0 atom stereocenters. The van der Waals surface area contributed by atoms with E-state index < -0.39 is 0 Å². The number of piperidine rings is 1. The van der Waals surface area contributed by atoms with Crippen LogP contribution >= 0.6 is 23.2 Å². The van der Waals surface area contributed by atoms with E-state index in [0.29, 0.717) is 28.1 Å². The van der Waals surface area contributed by atoms with Crippen LogP contribution in [0, 0.1) is 0 Å². The largest absolute Gasteiger partial charge is 0.367 e. The summed E-state index contributed by atoms with van der Waals surface area (Å²) in [6.07, 6.45) is 6.58. The number of hydrogen-bond acceptors (Lipinski definition) is 6. The molecule has 4 rings (SSSR count). The maximum Gasteiger partial charge on any atom is 0.224 e. The lowest BCUT2D eigenvalue weighted by Crippen LogP contribution is -2.43. The lowest BCUT2D eigenvalue weighted by molar-refractivity contribution is 0.191. The summed E-state index contributed by atoms with van der Waals surface area (Å²) in [5.41, 5.74) is 1.22. The second kappa shape index (κ2) is 9.94. The summed E-state index contributed by atoms with van der Waals surface area (Å²) in [6.45, 7) is 4.82. The van der Waals surface area contributed by atoms with Crippen LogP contribution in [-0.2, 0) is 6.54 Å². The van der Waals surface area contributed by atoms with Crippen molar-refractivity contribution in [1.82, 2.24) is 20.2 Å². The van der Waals surface area contributed by atoms with Crippen molar-refractivity contribution < 1.29 is 0 Å². The molecule has 2 aromatic rings. The topological polar surface area (TPSA) is 65.1 Å². The van der Waals surface area contributed by atoms with Crippen LogP contribution < -0.4 is 16.0 Å². The van der Waals surface area contributed by atoms with Crippen LogP contribution in [0.1, 0.15) is 31.2 Å². The molecular formula is C21H28Cl2N6. The lowest BCUT2D eigenvalue weighted by atomic mass is 10.0. The Hall–Kier alpha value is -1.60. The molecule has 2 heterocycles. The Bertz CT molecular complexity index is 806. The first-order chi connectivity index (χ1) is 14.2. The van der Waals surface area contributed by atoms with Gasteiger partial charge in [-0.15, -0.1) is 0 Å². The van der Waals surface area contributed by atoms with Crippen LogP contribution in [0.3, 0.4) is 0 Å². The molecule has 0 amide bonds. The molecule has 0 bridgehead atoms. The Morgan fingerprint density at radius 2 is 1.79 bits per heavy atom. The fraction of sp³-hybridized carbons (Fsp3) is 0.524. The van der Waals surface area contributed by atoms with Gasteiger partial charge in [0.2, 0.25) is 5.95 Å². The average molecular weight is 435 g/mol. The van der Waals surface area contributed by atoms with Gasteiger partial charge in [-0.05, 0) is 62.5 Å². The minimum atomic E-state index is 0.561. The molecule has 2 aliphatic rings. The minimum absolute atomic E-state index is 0.561. The van der Waals surface area contributed by atoms with Gasteiger partial charge in [0.1, 0.15) is 5.82 Å². The molecule has 3 N–H and O–H groups in total. The van der Waals surface area contributed by atoms with Gasteiger partial charge in [-0.25, -0.2) is 4.98 Å². The number of aromatic nitrogens is 2. The number of nitrogens with one attached hydrogen (secondary N) is 3. The fourth-order valence-corrected chi connectivity index (χ4v) is 3.92. The van der Waals surface area contributed by atoms with Crippen LogP contribution in [0.25, 0.3) is 0 Å². The molecule has 0 spiro atoms. The summed E-state index contributed by atoms with van der Waals surface area (Å²) < 4.78 is 0. The van der Waals surface area contributed by atoms with Gasteiger partial charge in [-0.3, -0.25) is 4.90 Å². The molecule has 1 aromatic heterocycles. The molecule has 6 nitrogen and oxygen atoms in total. The van der Waals surface area contributed by atoms with Gasteiger partial charge < -0.3 is 16.0 Å². The zero-order valence-electron chi connectivity index (χ0n) is 16.5. The van der Waals surface area contributed by atoms with Crippen LogP contribution in [0.15, 0.2) is 30.5 Å². The normalized spacial score (nSPS) is 18.0. The fourth-order valence-electron chi connectivity index (χ4n) is 3.60. The summed E-state index contributed by atoms with van der Waals surface area (Å²) in [5, 5.41) is 11.6. The van der Waals surface area contributed by atoms with E-state index in [4.69, 9.17) is 23.2 Å². The second-order valence-corrected chi connectivity index (χ2v) is 8.68. The van der Waals surface area contributed by atoms with E-state index in [1.54, 1.807) is 6.20 Å². The van der Waals surface area contributed by atoms with Crippen molar-refractivity contribution in [1.29, 1.82) is 0 Å². The smallest absolute Gasteiger partial charge is 0.224 e. The number of nitrogens with zero attached hydrogens (tertiary/aromatic N) is 3. The molecule has 1 aromatic carbocycles. The van der Waals surface area contributed by atoms with E-state index in [0.717, 1.165) is 51.4 Å². The van der Waals surface area contributed by atoms with E-state index >= 15 is 0 Å². The van der Waals surface area contributed by atoms with Crippen molar-refractivity contribution in [2.45, 2.75) is 44.3 Å². The molecule has 156 valence electrons. The quantitative estimate of drug-likeness (QED) is 0.517. The molecule has 29 heavy (non-hydrogen) atoms. The molecular weight excluding hydrogens is 407 g/mol. The third-order valence-corrected chi connectivity index (χ3v) is 6.14. The maximum atomic E-state index is 6.12. The number of rotatable bonds is 9. The molecule has 8 heteroatoms. The standard InChI is InChI=1S/C21H28Cl2N6/c22-18-4-1-15(13-19(18)23)14-29-11-6-16(7-12-29)24-9-10-26-21-25-8-5-20(28-21)27-17-2-3-17/h1,4-5,8,13,16-17,24H,2-3,6-7,9-12,14H2,(H2,25,26,27,28). The van der Waals surface area contributed by atoms with E-state index in [1.807, 2.05) is 18.2 Å². The predicted octanol–water partition coefficient (Wildman–Crippen LogP) is 4.02. The van der Waals surface area contributed by atoms with Crippen molar-refractivity contribution in [2.75, 3.05) is 36.8 Å².